The molecule has 142 valence electrons. The molecule has 7 nitrogen and oxygen atoms in total. The van der Waals surface area contributed by atoms with Crippen LogP contribution in [0.1, 0.15) is 40.8 Å². The van der Waals surface area contributed by atoms with Crippen LogP contribution < -0.4 is 5.32 Å². The molecule has 4 aromatic rings. The summed E-state index contributed by atoms with van der Waals surface area (Å²) >= 11 is 1.27. The molecule has 1 aromatic carbocycles. The Labute approximate surface area is 166 Å². The van der Waals surface area contributed by atoms with Crippen molar-refractivity contribution in [2.45, 2.75) is 33.2 Å². The molecule has 0 atom stereocenters. The number of anilines is 1. The molecule has 0 aliphatic carbocycles. The van der Waals surface area contributed by atoms with Crippen molar-refractivity contribution in [2.24, 2.45) is 0 Å². The minimum Gasteiger partial charge on any atom is -0.311 e. The Bertz CT molecular complexity index is 1130. The molecular weight excluding hydrogens is 372 g/mol. The van der Waals surface area contributed by atoms with Gasteiger partial charge >= 0.3 is 0 Å². The van der Waals surface area contributed by atoms with E-state index in [1.54, 1.807) is 10.9 Å². The molecule has 1 N–H and O–H groups in total. The lowest BCUT2D eigenvalue weighted by Crippen LogP contribution is -2.19. The van der Waals surface area contributed by atoms with Gasteiger partial charge in [0.15, 0.2) is 0 Å². The maximum Gasteiger partial charge on any atom is 0.276 e. The summed E-state index contributed by atoms with van der Waals surface area (Å²) in [6.07, 6.45) is 3.37. The summed E-state index contributed by atoms with van der Waals surface area (Å²) in [6, 6.07) is 11.8. The van der Waals surface area contributed by atoms with Gasteiger partial charge in [0.1, 0.15) is 10.7 Å². The van der Waals surface area contributed by atoms with E-state index >= 15 is 0 Å². The first kappa shape index (κ1) is 18.2. The highest BCUT2D eigenvalue weighted by Crippen LogP contribution is 2.19. The third-order valence-corrected chi connectivity index (χ3v) is 5.17. The van der Waals surface area contributed by atoms with Crippen LogP contribution in [0.15, 0.2) is 42.6 Å². The first-order valence-corrected chi connectivity index (χ1v) is 9.92. The van der Waals surface area contributed by atoms with E-state index in [4.69, 9.17) is 0 Å². The SMILES string of the molecule is CCCc1nnn(Cc2ccc3ncccc3c2)c1C(=O)Nc1cc(C)ns1. The second-order valence-corrected chi connectivity index (χ2v) is 7.41. The molecule has 28 heavy (non-hydrogen) atoms. The first-order valence-electron chi connectivity index (χ1n) is 9.14. The third-order valence-electron chi connectivity index (χ3n) is 4.37. The highest BCUT2D eigenvalue weighted by Gasteiger charge is 2.21. The fourth-order valence-corrected chi connectivity index (χ4v) is 3.76. The number of amides is 1. The molecule has 1 amide bonds. The van der Waals surface area contributed by atoms with E-state index in [0.717, 1.165) is 33.6 Å². The van der Waals surface area contributed by atoms with E-state index in [1.165, 1.54) is 11.5 Å². The quantitative estimate of drug-likeness (QED) is 0.539. The molecule has 4 rings (SSSR count). The lowest BCUT2D eigenvalue weighted by atomic mass is 10.1. The summed E-state index contributed by atoms with van der Waals surface area (Å²) in [5.41, 5.74) is 4.07. The van der Waals surface area contributed by atoms with Gasteiger partial charge in [-0.2, -0.15) is 4.37 Å². The van der Waals surface area contributed by atoms with Crippen LogP contribution in [0.5, 0.6) is 0 Å². The number of rotatable bonds is 6. The largest absolute Gasteiger partial charge is 0.311 e. The van der Waals surface area contributed by atoms with E-state index < -0.39 is 0 Å². The van der Waals surface area contributed by atoms with E-state index in [2.05, 4.69) is 38.0 Å². The van der Waals surface area contributed by atoms with Crippen LogP contribution in [0.3, 0.4) is 0 Å². The van der Waals surface area contributed by atoms with Crippen LogP contribution in [0.4, 0.5) is 5.00 Å². The van der Waals surface area contributed by atoms with Gasteiger partial charge in [-0.05, 0) is 54.7 Å². The summed E-state index contributed by atoms with van der Waals surface area (Å²) in [4.78, 5) is 17.3. The van der Waals surface area contributed by atoms with Crippen LogP contribution in [-0.4, -0.2) is 30.3 Å². The van der Waals surface area contributed by atoms with Crippen molar-refractivity contribution in [1.29, 1.82) is 0 Å². The molecule has 0 spiro atoms. The van der Waals surface area contributed by atoms with Crippen molar-refractivity contribution < 1.29 is 4.79 Å². The number of carbonyl (C=O) groups is 1. The van der Waals surface area contributed by atoms with Crippen LogP contribution in [0.25, 0.3) is 10.9 Å². The van der Waals surface area contributed by atoms with Crippen molar-refractivity contribution in [1.82, 2.24) is 24.4 Å². The molecule has 0 bridgehead atoms. The fraction of sp³-hybridized carbons (Fsp3) is 0.250. The predicted octanol–water partition coefficient (Wildman–Crippen LogP) is 3.84. The van der Waals surface area contributed by atoms with Crippen molar-refractivity contribution in [2.75, 3.05) is 5.32 Å². The Hall–Kier alpha value is -3.13. The van der Waals surface area contributed by atoms with Crippen molar-refractivity contribution >= 4 is 33.3 Å². The molecule has 0 saturated heterocycles. The second-order valence-electron chi connectivity index (χ2n) is 6.61. The molecule has 3 heterocycles. The smallest absolute Gasteiger partial charge is 0.276 e. The van der Waals surface area contributed by atoms with E-state index in [9.17, 15) is 4.79 Å². The number of hydrogen-bond donors (Lipinski definition) is 1. The van der Waals surface area contributed by atoms with Crippen LogP contribution >= 0.6 is 11.5 Å². The van der Waals surface area contributed by atoms with Crippen molar-refractivity contribution in [3.8, 4) is 0 Å². The maximum atomic E-state index is 13.0. The second kappa shape index (κ2) is 7.85. The van der Waals surface area contributed by atoms with E-state index in [1.807, 2.05) is 37.3 Å². The molecule has 0 saturated carbocycles. The molecule has 0 fully saturated rings. The van der Waals surface area contributed by atoms with Gasteiger partial charge in [-0.3, -0.25) is 9.78 Å². The molecule has 0 aliphatic rings. The van der Waals surface area contributed by atoms with Gasteiger partial charge in [0, 0.05) is 11.6 Å². The van der Waals surface area contributed by atoms with E-state index in [0.29, 0.717) is 24.4 Å². The van der Waals surface area contributed by atoms with Gasteiger partial charge in [-0.1, -0.05) is 30.7 Å². The standard InChI is InChI=1S/C20H20N6OS/c1-3-5-17-19(20(27)22-18-10-13(2)24-28-18)26(25-23-17)12-14-7-8-16-15(11-14)6-4-9-21-16/h4,6-11H,3,5,12H2,1-2H3,(H,22,27). The van der Waals surface area contributed by atoms with Crippen molar-refractivity contribution in [3.63, 3.8) is 0 Å². The molecular formula is C20H20N6OS. The number of aryl methyl sites for hydroxylation is 2. The first-order chi connectivity index (χ1) is 13.6. The van der Waals surface area contributed by atoms with Gasteiger partial charge in [0.2, 0.25) is 0 Å². The highest BCUT2D eigenvalue weighted by molar-refractivity contribution is 7.10. The third kappa shape index (κ3) is 3.77. The number of aromatic nitrogens is 5. The molecule has 8 heteroatoms. The zero-order valence-electron chi connectivity index (χ0n) is 15.7. The highest BCUT2D eigenvalue weighted by atomic mass is 32.1. The topological polar surface area (TPSA) is 85.6 Å². The summed E-state index contributed by atoms with van der Waals surface area (Å²) in [5, 5.41) is 13.2. The minimum atomic E-state index is -0.209. The Balaban J connectivity index is 1.65. The summed E-state index contributed by atoms with van der Waals surface area (Å²) in [5.74, 6) is -0.209. The van der Waals surface area contributed by atoms with Crippen LogP contribution in [0.2, 0.25) is 0 Å². The number of fused-ring (bicyclic) bond motifs is 1. The van der Waals surface area contributed by atoms with Gasteiger partial charge in [-0.25, -0.2) is 4.68 Å². The normalized spacial score (nSPS) is 11.1. The van der Waals surface area contributed by atoms with Gasteiger partial charge in [-0.15, -0.1) is 5.10 Å². The Kier molecular flexibility index (Phi) is 5.12. The Morgan fingerprint density at radius 3 is 2.93 bits per heavy atom. The molecule has 0 unspecified atom stereocenters. The lowest BCUT2D eigenvalue weighted by Gasteiger charge is -2.09. The number of pyridine rings is 1. The number of nitrogens with one attached hydrogen (secondary N) is 1. The number of benzene rings is 1. The lowest BCUT2D eigenvalue weighted by molar-refractivity contribution is 0.101. The molecule has 0 aliphatic heterocycles. The number of nitrogens with zero attached hydrogens (tertiary/aromatic N) is 5. The zero-order valence-corrected chi connectivity index (χ0v) is 16.5. The summed E-state index contributed by atoms with van der Waals surface area (Å²) in [7, 11) is 0. The van der Waals surface area contributed by atoms with Crippen molar-refractivity contribution in [3.05, 3.63) is 65.2 Å². The zero-order chi connectivity index (χ0) is 19.5. The number of hydrogen-bond acceptors (Lipinski definition) is 6. The monoisotopic (exact) mass is 392 g/mol. The van der Waals surface area contributed by atoms with E-state index in [-0.39, 0.29) is 5.91 Å². The average Bonchev–Trinajstić information content (AvgIpc) is 3.28. The summed E-state index contributed by atoms with van der Waals surface area (Å²) in [6.45, 7) is 4.42. The fourth-order valence-electron chi connectivity index (χ4n) is 3.10. The Morgan fingerprint density at radius 2 is 2.14 bits per heavy atom. The molecule has 0 radical (unpaired) electrons. The molecule has 3 aromatic heterocycles. The van der Waals surface area contributed by atoms with Crippen LogP contribution in [0, 0.1) is 6.92 Å². The summed E-state index contributed by atoms with van der Waals surface area (Å²) < 4.78 is 5.88. The predicted molar refractivity (Wildman–Crippen MR) is 110 cm³/mol. The van der Waals surface area contributed by atoms with Gasteiger partial charge < -0.3 is 5.32 Å². The Morgan fingerprint density at radius 1 is 1.25 bits per heavy atom. The van der Waals surface area contributed by atoms with Gasteiger partial charge in [0.25, 0.3) is 5.91 Å². The minimum absolute atomic E-state index is 0.209. The number of carbonyl (C=O) groups excluding carboxylic acids is 1. The van der Waals surface area contributed by atoms with Crippen LogP contribution in [-0.2, 0) is 13.0 Å². The van der Waals surface area contributed by atoms with Gasteiger partial charge in [0.05, 0.1) is 23.4 Å². The maximum absolute atomic E-state index is 13.0. The average molecular weight is 392 g/mol.